The van der Waals surface area contributed by atoms with Crippen molar-refractivity contribution in [2.75, 3.05) is 6.54 Å². The largest absolute Gasteiger partial charge is 0.356 e. The van der Waals surface area contributed by atoms with Gasteiger partial charge in [0.05, 0.1) is 0 Å². The molecule has 0 atom stereocenters. The van der Waals surface area contributed by atoms with Crippen molar-refractivity contribution in [2.24, 2.45) is 0 Å². The van der Waals surface area contributed by atoms with Crippen molar-refractivity contribution in [3.05, 3.63) is 6.92 Å². The molecular formula is C11H22NO. The first kappa shape index (κ1) is 12.5. The van der Waals surface area contributed by atoms with Crippen molar-refractivity contribution < 1.29 is 4.79 Å². The number of amides is 1. The molecule has 0 aliphatic carbocycles. The van der Waals surface area contributed by atoms with Crippen LogP contribution in [-0.2, 0) is 4.79 Å². The van der Waals surface area contributed by atoms with Gasteiger partial charge in [-0.2, -0.15) is 0 Å². The molecule has 0 bridgehead atoms. The average molecular weight is 184 g/mol. The van der Waals surface area contributed by atoms with Crippen LogP contribution in [-0.4, -0.2) is 12.5 Å². The molecule has 77 valence electrons. The van der Waals surface area contributed by atoms with E-state index in [2.05, 4.69) is 19.2 Å². The minimum atomic E-state index is -0.161. The van der Waals surface area contributed by atoms with Gasteiger partial charge in [-0.15, -0.1) is 0 Å². The summed E-state index contributed by atoms with van der Waals surface area (Å²) in [4.78, 5) is 10.4. The molecule has 0 rings (SSSR count). The third kappa shape index (κ3) is 11.5. The average Bonchev–Trinajstić information content (AvgIpc) is 2.09. The topological polar surface area (TPSA) is 29.1 Å². The first-order chi connectivity index (χ1) is 6.27. The van der Waals surface area contributed by atoms with Crippen LogP contribution in [0.5, 0.6) is 0 Å². The Morgan fingerprint density at radius 2 is 1.62 bits per heavy atom. The van der Waals surface area contributed by atoms with Crippen LogP contribution < -0.4 is 5.32 Å². The van der Waals surface area contributed by atoms with Crippen LogP contribution in [0, 0.1) is 6.92 Å². The third-order valence-corrected chi connectivity index (χ3v) is 2.10. The lowest BCUT2D eigenvalue weighted by Crippen LogP contribution is -2.20. The molecule has 0 aliphatic heterocycles. The predicted octanol–water partition coefficient (Wildman–Crippen LogP) is 2.69. The summed E-state index contributed by atoms with van der Waals surface area (Å²) in [7, 11) is 0. The summed E-state index contributed by atoms with van der Waals surface area (Å²) < 4.78 is 0. The zero-order chi connectivity index (χ0) is 9.94. The van der Waals surface area contributed by atoms with Gasteiger partial charge in [-0.25, -0.2) is 0 Å². The van der Waals surface area contributed by atoms with E-state index < -0.39 is 0 Å². The minimum Gasteiger partial charge on any atom is -0.356 e. The maximum atomic E-state index is 10.4. The molecule has 1 radical (unpaired) electrons. The van der Waals surface area contributed by atoms with E-state index in [-0.39, 0.29) is 5.91 Å². The van der Waals surface area contributed by atoms with E-state index in [4.69, 9.17) is 0 Å². The highest BCUT2D eigenvalue weighted by Crippen LogP contribution is 2.05. The standard InChI is InChI=1S/C11H22NO/c1-3-4-5-6-7-8-9-10-12-11(2)13/h2-10H2,1H3,(H,12,13). The van der Waals surface area contributed by atoms with Gasteiger partial charge in [0.25, 0.3) is 0 Å². The lowest BCUT2D eigenvalue weighted by Gasteiger charge is -2.01. The molecule has 13 heavy (non-hydrogen) atoms. The van der Waals surface area contributed by atoms with Gasteiger partial charge in [-0.3, -0.25) is 4.79 Å². The Balaban J connectivity index is 2.87. The Bertz CT molecular complexity index is 123. The Morgan fingerprint density at radius 3 is 2.15 bits per heavy atom. The molecule has 1 amide bonds. The molecule has 2 nitrogen and oxygen atoms in total. The highest BCUT2D eigenvalue weighted by atomic mass is 16.1. The first-order valence-corrected chi connectivity index (χ1v) is 5.37. The number of carbonyl (C=O) groups excluding carboxylic acids is 1. The van der Waals surface area contributed by atoms with Gasteiger partial charge in [0, 0.05) is 13.5 Å². The van der Waals surface area contributed by atoms with Gasteiger partial charge in [0.1, 0.15) is 0 Å². The smallest absolute Gasteiger partial charge is 0.220 e. The molecule has 0 saturated heterocycles. The number of nitrogens with one attached hydrogen (secondary N) is 1. The number of rotatable bonds is 8. The summed E-state index contributed by atoms with van der Waals surface area (Å²) in [5, 5.41) is 2.70. The molecular weight excluding hydrogens is 162 g/mol. The summed E-state index contributed by atoms with van der Waals surface area (Å²) in [6.45, 7) is 6.26. The Kier molecular flexibility index (Phi) is 9.17. The van der Waals surface area contributed by atoms with Crippen molar-refractivity contribution in [2.45, 2.75) is 51.9 Å². The monoisotopic (exact) mass is 184 g/mol. The van der Waals surface area contributed by atoms with Gasteiger partial charge in [0.15, 0.2) is 0 Å². The van der Waals surface area contributed by atoms with Crippen LogP contribution in [0.4, 0.5) is 0 Å². The van der Waals surface area contributed by atoms with Gasteiger partial charge < -0.3 is 5.32 Å². The van der Waals surface area contributed by atoms with Crippen LogP contribution in [0.1, 0.15) is 51.9 Å². The van der Waals surface area contributed by atoms with Crippen LogP contribution in [0.25, 0.3) is 0 Å². The number of unbranched alkanes of at least 4 members (excludes halogenated alkanes) is 6. The van der Waals surface area contributed by atoms with Crippen LogP contribution in [0.3, 0.4) is 0 Å². The molecule has 0 spiro atoms. The summed E-state index contributed by atoms with van der Waals surface area (Å²) >= 11 is 0. The summed E-state index contributed by atoms with van der Waals surface area (Å²) in [5.74, 6) is -0.161. The van der Waals surface area contributed by atoms with E-state index in [1.54, 1.807) is 0 Å². The first-order valence-electron chi connectivity index (χ1n) is 5.37. The van der Waals surface area contributed by atoms with E-state index in [1.807, 2.05) is 0 Å². The number of hydrogen-bond donors (Lipinski definition) is 1. The molecule has 0 saturated carbocycles. The number of hydrogen-bond acceptors (Lipinski definition) is 1. The fourth-order valence-corrected chi connectivity index (χ4v) is 1.31. The Labute approximate surface area is 82.1 Å². The molecule has 0 unspecified atom stereocenters. The third-order valence-electron chi connectivity index (χ3n) is 2.10. The fraction of sp³-hybridized carbons (Fsp3) is 0.818. The van der Waals surface area contributed by atoms with Crippen molar-refractivity contribution >= 4 is 5.91 Å². The minimum absolute atomic E-state index is 0.161. The van der Waals surface area contributed by atoms with Gasteiger partial charge in [0.2, 0.25) is 5.91 Å². The van der Waals surface area contributed by atoms with Crippen LogP contribution in [0.2, 0.25) is 0 Å². The van der Waals surface area contributed by atoms with Crippen LogP contribution >= 0.6 is 0 Å². The lowest BCUT2D eigenvalue weighted by atomic mass is 10.1. The van der Waals surface area contributed by atoms with E-state index >= 15 is 0 Å². The van der Waals surface area contributed by atoms with E-state index in [0.29, 0.717) is 0 Å². The normalized spacial score (nSPS) is 10.0. The Morgan fingerprint density at radius 1 is 1.08 bits per heavy atom. The molecule has 0 fully saturated rings. The lowest BCUT2D eigenvalue weighted by molar-refractivity contribution is -0.116. The van der Waals surface area contributed by atoms with Crippen molar-refractivity contribution in [1.82, 2.24) is 5.32 Å². The van der Waals surface area contributed by atoms with Crippen molar-refractivity contribution in [3.8, 4) is 0 Å². The second kappa shape index (κ2) is 9.56. The SMILES string of the molecule is [CH2]C(=O)NCCCCCCCCC. The Hall–Kier alpha value is -0.530. The summed E-state index contributed by atoms with van der Waals surface area (Å²) in [6.07, 6.45) is 8.97. The molecule has 1 N–H and O–H groups in total. The van der Waals surface area contributed by atoms with Crippen LogP contribution in [0.15, 0.2) is 0 Å². The molecule has 0 aromatic rings. The van der Waals surface area contributed by atoms with Crippen molar-refractivity contribution in [1.29, 1.82) is 0 Å². The quantitative estimate of drug-likeness (QED) is 0.577. The van der Waals surface area contributed by atoms with Crippen molar-refractivity contribution in [3.63, 3.8) is 0 Å². The molecule has 0 aromatic carbocycles. The van der Waals surface area contributed by atoms with Gasteiger partial charge in [-0.1, -0.05) is 45.4 Å². The van der Waals surface area contributed by atoms with E-state index in [1.165, 1.54) is 38.5 Å². The highest BCUT2D eigenvalue weighted by molar-refractivity contribution is 5.79. The van der Waals surface area contributed by atoms with E-state index in [0.717, 1.165) is 13.0 Å². The maximum absolute atomic E-state index is 10.4. The summed E-state index contributed by atoms with van der Waals surface area (Å²) in [5.41, 5.74) is 0. The molecule has 2 heteroatoms. The fourth-order valence-electron chi connectivity index (χ4n) is 1.31. The van der Waals surface area contributed by atoms with Gasteiger partial charge >= 0.3 is 0 Å². The zero-order valence-corrected chi connectivity index (χ0v) is 8.77. The maximum Gasteiger partial charge on any atom is 0.220 e. The second-order valence-corrected chi connectivity index (χ2v) is 3.47. The summed E-state index contributed by atoms with van der Waals surface area (Å²) in [6, 6.07) is 0. The second-order valence-electron chi connectivity index (χ2n) is 3.47. The highest BCUT2D eigenvalue weighted by Gasteiger charge is 1.92. The number of carbonyl (C=O) groups is 1. The van der Waals surface area contributed by atoms with E-state index in [9.17, 15) is 4.79 Å². The molecule has 0 aliphatic rings. The predicted molar refractivity (Wildman–Crippen MR) is 56.4 cm³/mol. The van der Waals surface area contributed by atoms with Gasteiger partial charge in [-0.05, 0) is 6.42 Å². The molecule has 0 aromatic heterocycles. The zero-order valence-electron chi connectivity index (χ0n) is 8.77. The molecule has 0 heterocycles.